The molecule has 0 unspecified atom stereocenters. The van der Waals surface area contributed by atoms with E-state index >= 15 is 0 Å². The van der Waals surface area contributed by atoms with Crippen molar-refractivity contribution < 1.29 is 4.79 Å². The fourth-order valence-electron chi connectivity index (χ4n) is 2.39. The van der Waals surface area contributed by atoms with Crippen LogP contribution in [0.2, 0.25) is 0 Å². The Balaban J connectivity index is 1.86. The molecule has 22 heavy (non-hydrogen) atoms. The average Bonchev–Trinajstić information content (AvgIpc) is 2.57. The molecule has 0 heterocycles. The van der Waals surface area contributed by atoms with Crippen LogP contribution in [0.25, 0.3) is 0 Å². The molecular formula is C19H24N2O. The molecule has 2 aromatic carbocycles. The Hall–Kier alpha value is -2.29. The van der Waals surface area contributed by atoms with E-state index < -0.39 is 0 Å². The molecule has 1 N–H and O–H groups in total. The van der Waals surface area contributed by atoms with Crippen LogP contribution >= 0.6 is 0 Å². The molecule has 0 aliphatic carbocycles. The molecule has 0 bridgehead atoms. The number of nitrogens with zero attached hydrogens (tertiary/aromatic N) is 1. The lowest BCUT2D eigenvalue weighted by Gasteiger charge is -2.22. The van der Waals surface area contributed by atoms with Crippen LogP contribution in [0.15, 0.2) is 54.6 Å². The lowest BCUT2D eigenvalue weighted by Crippen LogP contribution is -2.27. The molecule has 0 saturated heterocycles. The Kier molecular flexibility index (Phi) is 6.01. The summed E-state index contributed by atoms with van der Waals surface area (Å²) >= 11 is 0. The number of amides is 1. The quantitative estimate of drug-likeness (QED) is 0.834. The van der Waals surface area contributed by atoms with Gasteiger partial charge in [-0.1, -0.05) is 37.3 Å². The number of hydrogen-bond donors (Lipinski definition) is 1. The van der Waals surface area contributed by atoms with Gasteiger partial charge in [0.15, 0.2) is 0 Å². The fourth-order valence-corrected chi connectivity index (χ4v) is 2.39. The molecule has 0 aromatic heterocycles. The van der Waals surface area contributed by atoms with Crippen LogP contribution in [0.3, 0.4) is 0 Å². The summed E-state index contributed by atoms with van der Waals surface area (Å²) < 4.78 is 0. The van der Waals surface area contributed by atoms with Crippen LogP contribution in [-0.2, 0) is 11.2 Å². The van der Waals surface area contributed by atoms with E-state index in [2.05, 4.69) is 48.3 Å². The van der Waals surface area contributed by atoms with E-state index in [1.807, 2.05) is 30.3 Å². The first-order valence-corrected chi connectivity index (χ1v) is 7.91. The van der Waals surface area contributed by atoms with Crippen LogP contribution in [0, 0.1) is 0 Å². The van der Waals surface area contributed by atoms with Gasteiger partial charge in [0.25, 0.3) is 0 Å². The molecule has 0 aliphatic heterocycles. The molecule has 0 aliphatic rings. The van der Waals surface area contributed by atoms with Crippen molar-refractivity contribution in [1.29, 1.82) is 0 Å². The van der Waals surface area contributed by atoms with Gasteiger partial charge in [-0.25, -0.2) is 0 Å². The SMILES string of the molecule is CCc1ccc(NC(=O)CCN(CC)c2ccccc2)cc1. The summed E-state index contributed by atoms with van der Waals surface area (Å²) in [6, 6.07) is 18.2. The van der Waals surface area contributed by atoms with Crippen LogP contribution in [0.1, 0.15) is 25.8 Å². The minimum Gasteiger partial charge on any atom is -0.371 e. The summed E-state index contributed by atoms with van der Waals surface area (Å²) in [5.41, 5.74) is 3.30. The van der Waals surface area contributed by atoms with Gasteiger partial charge in [-0.05, 0) is 43.2 Å². The highest BCUT2D eigenvalue weighted by Crippen LogP contribution is 2.14. The molecule has 116 valence electrons. The van der Waals surface area contributed by atoms with Gasteiger partial charge in [0.05, 0.1) is 0 Å². The molecule has 0 radical (unpaired) electrons. The van der Waals surface area contributed by atoms with Gasteiger partial charge in [0, 0.05) is 30.9 Å². The van der Waals surface area contributed by atoms with Gasteiger partial charge in [-0.2, -0.15) is 0 Å². The number of rotatable bonds is 7. The van der Waals surface area contributed by atoms with Gasteiger partial charge in [0.2, 0.25) is 5.91 Å². The van der Waals surface area contributed by atoms with E-state index in [1.54, 1.807) is 0 Å². The number of carbonyl (C=O) groups is 1. The third-order valence-electron chi connectivity index (χ3n) is 3.76. The van der Waals surface area contributed by atoms with E-state index in [0.29, 0.717) is 6.42 Å². The number of hydrogen-bond acceptors (Lipinski definition) is 2. The topological polar surface area (TPSA) is 32.3 Å². The molecule has 3 heteroatoms. The summed E-state index contributed by atoms with van der Waals surface area (Å²) in [6.45, 7) is 5.84. The lowest BCUT2D eigenvalue weighted by molar-refractivity contribution is -0.116. The van der Waals surface area contributed by atoms with Crippen LogP contribution in [-0.4, -0.2) is 19.0 Å². The van der Waals surface area contributed by atoms with Crippen molar-refractivity contribution in [3.05, 3.63) is 60.2 Å². The zero-order valence-electron chi connectivity index (χ0n) is 13.4. The van der Waals surface area contributed by atoms with Crippen molar-refractivity contribution in [3.8, 4) is 0 Å². The van der Waals surface area contributed by atoms with Gasteiger partial charge >= 0.3 is 0 Å². The Morgan fingerprint density at radius 1 is 1.00 bits per heavy atom. The molecule has 0 fully saturated rings. The maximum absolute atomic E-state index is 12.1. The molecule has 0 atom stereocenters. The van der Waals surface area contributed by atoms with Crippen LogP contribution in [0.4, 0.5) is 11.4 Å². The van der Waals surface area contributed by atoms with Crippen molar-refractivity contribution in [1.82, 2.24) is 0 Å². The van der Waals surface area contributed by atoms with Crippen molar-refractivity contribution in [2.75, 3.05) is 23.3 Å². The number of anilines is 2. The molecule has 1 amide bonds. The molecule has 2 aromatic rings. The van der Waals surface area contributed by atoms with E-state index in [9.17, 15) is 4.79 Å². The highest BCUT2D eigenvalue weighted by molar-refractivity contribution is 5.91. The van der Waals surface area contributed by atoms with Gasteiger partial charge in [-0.15, -0.1) is 0 Å². The highest BCUT2D eigenvalue weighted by Gasteiger charge is 2.07. The number of aryl methyl sites for hydroxylation is 1. The minimum absolute atomic E-state index is 0.0543. The average molecular weight is 296 g/mol. The van der Waals surface area contributed by atoms with Crippen molar-refractivity contribution in [2.45, 2.75) is 26.7 Å². The maximum atomic E-state index is 12.1. The number of benzene rings is 2. The van der Waals surface area contributed by atoms with Gasteiger partial charge in [-0.3, -0.25) is 4.79 Å². The Morgan fingerprint density at radius 2 is 1.68 bits per heavy atom. The van der Waals surface area contributed by atoms with Gasteiger partial charge < -0.3 is 10.2 Å². The number of carbonyl (C=O) groups excluding carboxylic acids is 1. The molecule has 0 saturated carbocycles. The van der Waals surface area contributed by atoms with Crippen LogP contribution < -0.4 is 10.2 Å². The van der Waals surface area contributed by atoms with Crippen molar-refractivity contribution >= 4 is 17.3 Å². The molecule has 3 nitrogen and oxygen atoms in total. The van der Waals surface area contributed by atoms with Crippen molar-refractivity contribution in [2.24, 2.45) is 0 Å². The second kappa shape index (κ2) is 8.23. The zero-order chi connectivity index (χ0) is 15.8. The zero-order valence-corrected chi connectivity index (χ0v) is 13.4. The first-order chi connectivity index (χ1) is 10.7. The third-order valence-corrected chi connectivity index (χ3v) is 3.76. The fraction of sp³-hybridized carbons (Fsp3) is 0.316. The lowest BCUT2D eigenvalue weighted by atomic mass is 10.1. The standard InChI is InChI=1S/C19H24N2O/c1-3-16-10-12-17(13-11-16)20-19(22)14-15-21(4-2)18-8-6-5-7-9-18/h5-13H,3-4,14-15H2,1-2H3,(H,20,22). The molecule has 2 rings (SSSR count). The summed E-state index contributed by atoms with van der Waals surface area (Å²) in [4.78, 5) is 14.3. The van der Waals surface area contributed by atoms with E-state index in [4.69, 9.17) is 0 Å². The van der Waals surface area contributed by atoms with Gasteiger partial charge in [0.1, 0.15) is 0 Å². The smallest absolute Gasteiger partial charge is 0.226 e. The Bertz CT molecular complexity index is 578. The summed E-state index contributed by atoms with van der Waals surface area (Å²) in [7, 11) is 0. The molecule has 0 spiro atoms. The predicted octanol–water partition coefficient (Wildman–Crippen LogP) is 4.10. The second-order valence-electron chi connectivity index (χ2n) is 5.26. The maximum Gasteiger partial charge on any atom is 0.226 e. The minimum atomic E-state index is 0.0543. The first-order valence-electron chi connectivity index (χ1n) is 7.91. The summed E-state index contributed by atoms with van der Waals surface area (Å²) in [5, 5.41) is 2.96. The van der Waals surface area contributed by atoms with E-state index in [-0.39, 0.29) is 5.91 Å². The third kappa shape index (κ3) is 4.62. The highest BCUT2D eigenvalue weighted by atomic mass is 16.1. The van der Waals surface area contributed by atoms with E-state index in [0.717, 1.165) is 30.9 Å². The Labute approximate surface area is 133 Å². The second-order valence-corrected chi connectivity index (χ2v) is 5.26. The largest absolute Gasteiger partial charge is 0.371 e. The van der Waals surface area contributed by atoms with E-state index in [1.165, 1.54) is 5.56 Å². The normalized spacial score (nSPS) is 10.3. The predicted molar refractivity (Wildman–Crippen MR) is 93.4 cm³/mol. The molecular weight excluding hydrogens is 272 g/mol. The number of para-hydroxylation sites is 1. The summed E-state index contributed by atoms with van der Waals surface area (Å²) in [5.74, 6) is 0.0543. The Morgan fingerprint density at radius 3 is 2.27 bits per heavy atom. The first kappa shape index (κ1) is 16.1. The number of nitrogens with one attached hydrogen (secondary N) is 1. The van der Waals surface area contributed by atoms with Crippen LogP contribution in [0.5, 0.6) is 0 Å². The monoisotopic (exact) mass is 296 g/mol. The summed E-state index contributed by atoms with van der Waals surface area (Å²) in [6.07, 6.45) is 1.50. The van der Waals surface area contributed by atoms with Crippen molar-refractivity contribution in [3.63, 3.8) is 0 Å².